The van der Waals surface area contributed by atoms with Gasteiger partial charge in [0.25, 0.3) is 5.91 Å². The third-order valence-electron chi connectivity index (χ3n) is 4.31. The van der Waals surface area contributed by atoms with E-state index in [9.17, 15) is 9.59 Å². The number of amides is 2. The number of ether oxygens (including phenoxy) is 2. The molecule has 28 heavy (non-hydrogen) atoms. The van der Waals surface area contributed by atoms with Crippen LogP contribution in [0.25, 0.3) is 11.1 Å². The number of carbonyl (C=O) groups excluding carboxylic acids is 2. The summed E-state index contributed by atoms with van der Waals surface area (Å²) in [6, 6.07) is 12.7. The molecule has 0 spiro atoms. The van der Waals surface area contributed by atoms with Crippen LogP contribution in [0.3, 0.4) is 0 Å². The summed E-state index contributed by atoms with van der Waals surface area (Å²) < 4.78 is 11.1. The molecule has 2 amide bonds. The first kappa shape index (κ1) is 20.2. The SMILES string of the molecule is CC(=O)Nc1cccc(-c2cc(Cl)cc(OCC(=O)NCC3CCCO3)c2)c1. The minimum Gasteiger partial charge on any atom is -0.484 e. The van der Waals surface area contributed by atoms with E-state index in [1.807, 2.05) is 30.3 Å². The lowest BCUT2D eigenvalue weighted by Gasteiger charge is -2.12. The average Bonchev–Trinajstić information content (AvgIpc) is 3.17. The molecule has 0 saturated carbocycles. The van der Waals surface area contributed by atoms with Crippen LogP contribution >= 0.6 is 11.6 Å². The summed E-state index contributed by atoms with van der Waals surface area (Å²) in [5, 5.41) is 6.07. The van der Waals surface area contributed by atoms with Gasteiger partial charge in [0, 0.05) is 30.8 Å². The molecule has 0 radical (unpaired) electrons. The third-order valence-corrected chi connectivity index (χ3v) is 4.53. The summed E-state index contributed by atoms with van der Waals surface area (Å²) in [5.74, 6) is 0.158. The van der Waals surface area contributed by atoms with Crippen molar-refractivity contribution >= 4 is 29.1 Å². The maximum Gasteiger partial charge on any atom is 0.258 e. The van der Waals surface area contributed by atoms with Crippen molar-refractivity contribution in [3.8, 4) is 16.9 Å². The van der Waals surface area contributed by atoms with E-state index in [1.54, 1.807) is 12.1 Å². The van der Waals surface area contributed by atoms with Crippen LogP contribution in [0.2, 0.25) is 5.02 Å². The quantitative estimate of drug-likeness (QED) is 0.741. The van der Waals surface area contributed by atoms with Crippen molar-refractivity contribution in [2.24, 2.45) is 0 Å². The van der Waals surface area contributed by atoms with Crippen molar-refractivity contribution in [3.05, 3.63) is 47.5 Å². The van der Waals surface area contributed by atoms with Gasteiger partial charge < -0.3 is 20.1 Å². The maximum absolute atomic E-state index is 12.0. The van der Waals surface area contributed by atoms with Crippen LogP contribution in [0, 0.1) is 0 Å². The van der Waals surface area contributed by atoms with Crippen LogP contribution < -0.4 is 15.4 Å². The highest BCUT2D eigenvalue weighted by molar-refractivity contribution is 6.31. The first-order chi connectivity index (χ1) is 13.5. The molecular formula is C21H23ClN2O4. The fourth-order valence-corrected chi connectivity index (χ4v) is 3.25. The second kappa shape index (κ2) is 9.57. The van der Waals surface area contributed by atoms with Gasteiger partial charge in [0.05, 0.1) is 6.10 Å². The minimum absolute atomic E-state index is 0.0950. The van der Waals surface area contributed by atoms with E-state index in [-0.39, 0.29) is 24.5 Å². The predicted molar refractivity (Wildman–Crippen MR) is 109 cm³/mol. The van der Waals surface area contributed by atoms with E-state index in [0.29, 0.717) is 23.0 Å². The Hall–Kier alpha value is -2.57. The van der Waals surface area contributed by atoms with Crippen LogP contribution in [0.5, 0.6) is 5.75 Å². The van der Waals surface area contributed by atoms with Crippen LogP contribution in [-0.4, -0.2) is 37.7 Å². The minimum atomic E-state index is -0.204. The maximum atomic E-state index is 12.0. The summed E-state index contributed by atoms with van der Waals surface area (Å²) >= 11 is 6.22. The molecule has 1 heterocycles. The Labute approximate surface area is 169 Å². The number of benzene rings is 2. The zero-order chi connectivity index (χ0) is 19.9. The van der Waals surface area contributed by atoms with Crippen LogP contribution in [0.4, 0.5) is 5.69 Å². The van der Waals surface area contributed by atoms with Crippen molar-refractivity contribution in [1.82, 2.24) is 5.32 Å². The summed E-state index contributed by atoms with van der Waals surface area (Å²) in [6.45, 7) is 2.62. The molecule has 7 heteroatoms. The van der Waals surface area contributed by atoms with Gasteiger partial charge in [-0.2, -0.15) is 0 Å². The molecule has 2 N–H and O–H groups in total. The molecule has 1 atom stereocenters. The van der Waals surface area contributed by atoms with Gasteiger partial charge in [-0.05, 0) is 54.3 Å². The highest BCUT2D eigenvalue weighted by Gasteiger charge is 2.16. The molecule has 1 unspecified atom stereocenters. The number of carbonyl (C=O) groups is 2. The zero-order valence-electron chi connectivity index (χ0n) is 15.7. The Morgan fingerprint density at radius 1 is 1.21 bits per heavy atom. The van der Waals surface area contributed by atoms with Crippen LogP contribution in [0.15, 0.2) is 42.5 Å². The smallest absolute Gasteiger partial charge is 0.258 e. The standard InChI is InChI=1S/C21H23ClN2O4/c1-14(25)24-18-5-2-4-15(9-18)16-8-17(22)11-20(10-16)28-13-21(26)23-12-19-6-3-7-27-19/h2,4-5,8-11,19H,3,6-7,12-13H2,1H3,(H,23,26)(H,24,25). The Morgan fingerprint density at radius 3 is 2.82 bits per heavy atom. The Bertz CT molecular complexity index is 850. The molecule has 2 aromatic rings. The van der Waals surface area contributed by atoms with Gasteiger partial charge in [-0.3, -0.25) is 9.59 Å². The molecule has 0 aromatic heterocycles. The number of nitrogens with one attached hydrogen (secondary N) is 2. The molecule has 6 nitrogen and oxygen atoms in total. The second-order valence-electron chi connectivity index (χ2n) is 6.67. The summed E-state index contributed by atoms with van der Waals surface area (Å²) in [4.78, 5) is 23.3. The number of hydrogen-bond donors (Lipinski definition) is 2. The molecule has 0 aliphatic carbocycles. The Kier molecular flexibility index (Phi) is 6.90. The van der Waals surface area contributed by atoms with Crippen molar-refractivity contribution in [1.29, 1.82) is 0 Å². The van der Waals surface area contributed by atoms with E-state index in [4.69, 9.17) is 21.1 Å². The summed E-state index contributed by atoms with van der Waals surface area (Å²) in [7, 11) is 0. The van der Waals surface area contributed by atoms with E-state index in [2.05, 4.69) is 10.6 Å². The van der Waals surface area contributed by atoms with Gasteiger partial charge >= 0.3 is 0 Å². The zero-order valence-corrected chi connectivity index (χ0v) is 16.4. The topological polar surface area (TPSA) is 76.7 Å². The fraction of sp³-hybridized carbons (Fsp3) is 0.333. The molecule has 1 fully saturated rings. The van der Waals surface area contributed by atoms with Crippen molar-refractivity contribution < 1.29 is 19.1 Å². The van der Waals surface area contributed by atoms with Crippen LogP contribution in [-0.2, 0) is 14.3 Å². The molecule has 3 rings (SSSR count). The van der Waals surface area contributed by atoms with Crippen LogP contribution in [0.1, 0.15) is 19.8 Å². The van der Waals surface area contributed by atoms with E-state index in [1.165, 1.54) is 6.92 Å². The molecule has 1 aliphatic rings. The molecular weight excluding hydrogens is 380 g/mol. The normalized spacial score (nSPS) is 15.9. The largest absolute Gasteiger partial charge is 0.484 e. The number of anilines is 1. The Morgan fingerprint density at radius 2 is 2.07 bits per heavy atom. The molecule has 0 bridgehead atoms. The highest BCUT2D eigenvalue weighted by Crippen LogP contribution is 2.30. The second-order valence-corrected chi connectivity index (χ2v) is 7.10. The molecule has 148 valence electrons. The number of halogens is 1. The lowest BCUT2D eigenvalue weighted by Crippen LogP contribution is -2.35. The summed E-state index contributed by atoms with van der Waals surface area (Å²) in [6.07, 6.45) is 2.10. The van der Waals surface area contributed by atoms with Crippen molar-refractivity contribution in [3.63, 3.8) is 0 Å². The van der Waals surface area contributed by atoms with E-state index in [0.717, 1.165) is 30.6 Å². The van der Waals surface area contributed by atoms with Crippen molar-refractivity contribution in [2.75, 3.05) is 25.1 Å². The van der Waals surface area contributed by atoms with Gasteiger partial charge in [-0.25, -0.2) is 0 Å². The molecule has 1 saturated heterocycles. The number of rotatable bonds is 7. The van der Waals surface area contributed by atoms with E-state index >= 15 is 0 Å². The first-order valence-electron chi connectivity index (χ1n) is 9.19. The van der Waals surface area contributed by atoms with E-state index < -0.39 is 0 Å². The Balaban J connectivity index is 1.62. The monoisotopic (exact) mass is 402 g/mol. The van der Waals surface area contributed by atoms with Gasteiger partial charge in [-0.15, -0.1) is 0 Å². The van der Waals surface area contributed by atoms with Gasteiger partial charge in [-0.1, -0.05) is 23.7 Å². The third kappa shape index (κ3) is 5.97. The first-order valence-corrected chi connectivity index (χ1v) is 9.57. The fourth-order valence-electron chi connectivity index (χ4n) is 3.03. The van der Waals surface area contributed by atoms with Gasteiger partial charge in [0.1, 0.15) is 5.75 Å². The van der Waals surface area contributed by atoms with Gasteiger partial charge in [0.15, 0.2) is 6.61 Å². The summed E-state index contributed by atoms with van der Waals surface area (Å²) in [5.41, 5.74) is 2.40. The highest BCUT2D eigenvalue weighted by atomic mass is 35.5. The number of hydrogen-bond acceptors (Lipinski definition) is 4. The lowest BCUT2D eigenvalue weighted by atomic mass is 10.0. The van der Waals surface area contributed by atoms with Crippen molar-refractivity contribution in [2.45, 2.75) is 25.9 Å². The predicted octanol–water partition coefficient (Wildman–Crippen LogP) is 3.64. The average molecular weight is 403 g/mol. The van der Waals surface area contributed by atoms with Gasteiger partial charge in [0.2, 0.25) is 5.91 Å². The molecule has 1 aliphatic heterocycles. The molecule has 2 aromatic carbocycles. The lowest BCUT2D eigenvalue weighted by molar-refractivity contribution is -0.123.